The van der Waals surface area contributed by atoms with E-state index in [-0.39, 0.29) is 11.8 Å². The van der Waals surface area contributed by atoms with Crippen LogP contribution in [0.1, 0.15) is 43.5 Å². The molecule has 2 saturated heterocycles. The van der Waals surface area contributed by atoms with Crippen LogP contribution in [-0.2, 0) is 29.2 Å². The van der Waals surface area contributed by atoms with Crippen LogP contribution in [0.5, 0.6) is 0 Å². The zero-order chi connectivity index (χ0) is 17.8. The third-order valence-corrected chi connectivity index (χ3v) is 5.92. The van der Waals surface area contributed by atoms with Crippen molar-refractivity contribution in [1.29, 1.82) is 0 Å². The number of likely N-dealkylation sites (tertiary alicyclic amines) is 1. The molecule has 0 unspecified atom stereocenters. The van der Waals surface area contributed by atoms with Gasteiger partial charge in [-0.05, 0) is 51.3 Å². The van der Waals surface area contributed by atoms with Crippen molar-refractivity contribution < 1.29 is 9.53 Å². The van der Waals surface area contributed by atoms with Gasteiger partial charge in [-0.1, -0.05) is 0 Å². The molecular weight excluding hydrogens is 330 g/mol. The summed E-state index contributed by atoms with van der Waals surface area (Å²) in [4.78, 5) is 15.2. The quantitative estimate of drug-likeness (QED) is 0.833. The lowest BCUT2D eigenvalue weighted by Gasteiger charge is -2.39. The minimum Gasteiger partial charge on any atom is -0.381 e. The zero-order valence-corrected chi connectivity index (χ0v) is 15.6. The summed E-state index contributed by atoms with van der Waals surface area (Å²) < 4.78 is 7.55. The van der Waals surface area contributed by atoms with E-state index in [9.17, 15) is 4.79 Å². The molecule has 1 aromatic rings. The van der Waals surface area contributed by atoms with Gasteiger partial charge in [0.15, 0.2) is 0 Å². The van der Waals surface area contributed by atoms with Crippen molar-refractivity contribution in [3.05, 3.63) is 17.5 Å². The Balaban J connectivity index is 1.29. The molecule has 7 heteroatoms. The number of hydrogen-bond acceptors (Lipinski definition) is 5. The van der Waals surface area contributed by atoms with Crippen LogP contribution >= 0.6 is 0 Å². The third-order valence-electron chi connectivity index (χ3n) is 5.92. The average Bonchev–Trinajstić information content (AvgIpc) is 2.96. The second kappa shape index (κ2) is 8.50. The van der Waals surface area contributed by atoms with Crippen LogP contribution in [-0.4, -0.2) is 59.5 Å². The van der Waals surface area contributed by atoms with E-state index in [4.69, 9.17) is 4.74 Å². The highest BCUT2D eigenvalue weighted by Crippen LogP contribution is 2.23. The van der Waals surface area contributed by atoms with Gasteiger partial charge in [-0.15, -0.1) is 0 Å². The third kappa shape index (κ3) is 4.27. The van der Waals surface area contributed by atoms with Crippen LogP contribution in [0.15, 0.2) is 6.07 Å². The Morgan fingerprint density at radius 1 is 1.27 bits per heavy atom. The first-order valence-corrected chi connectivity index (χ1v) is 10.2. The van der Waals surface area contributed by atoms with E-state index >= 15 is 0 Å². The highest BCUT2D eigenvalue weighted by atomic mass is 16.5. The molecule has 0 aliphatic carbocycles. The summed E-state index contributed by atoms with van der Waals surface area (Å²) in [7, 11) is 0. The predicted molar refractivity (Wildman–Crippen MR) is 98.5 cm³/mol. The van der Waals surface area contributed by atoms with E-state index in [1.165, 1.54) is 5.69 Å². The second-order valence-electron chi connectivity index (χ2n) is 7.78. The summed E-state index contributed by atoms with van der Waals surface area (Å²) in [5.74, 6) is 0.289. The molecule has 1 atom stereocenters. The van der Waals surface area contributed by atoms with Gasteiger partial charge in [0.2, 0.25) is 5.91 Å². The van der Waals surface area contributed by atoms with Gasteiger partial charge in [0.05, 0.1) is 23.9 Å². The Labute approximate surface area is 155 Å². The van der Waals surface area contributed by atoms with Crippen molar-refractivity contribution in [3.63, 3.8) is 0 Å². The number of aromatic nitrogens is 2. The molecule has 0 radical (unpaired) electrons. The Kier molecular flexibility index (Phi) is 5.87. The van der Waals surface area contributed by atoms with Crippen molar-refractivity contribution in [3.8, 4) is 0 Å². The fourth-order valence-electron chi connectivity index (χ4n) is 4.43. The Morgan fingerprint density at radius 2 is 2.15 bits per heavy atom. The largest absolute Gasteiger partial charge is 0.381 e. The number of piperidine rings is 1. The number of carbonyl (C=O) groups is 1. The molecule has 0 spiro atoms. The fourth-order valence-corrected chi connectivity index (χ4v) is 4.43. The molecule has 4 heterocycles. The predicted octanol–water partition coefficient (Wildman–Crippen LogP) is 0.884. The van der Waals surface area contributed by atoms with Gasteiger partial charge >= 0.3 is 0 Å². The number of fused-ring (bicyclic) bond motifs is 1. The summed E-state index contributed by atoms with van der Waals surface area (Å²) in [6, 6.07) is 2.71. The van der Waals surface area contributed by atoms with Crippen LogP contribution in [0, 0.1) is 5.92 Å². The van der Waals surface area contributed by atoms with E-state index in [1.807, 2.05) is 0 Å². The summed E-state index contributed by atoms with van der Waals surface area (Å²) in [6.45, 7) is 7.13. The summed E-state index contributed by atoms with van der Waals surface area (Å²) in [6.07, 6.45) is 5.41. The number of rotatable bonds is 4. The molecule has 144 valence electrons. The maximum absolute atomic E-state index is 12.7. The number of aryl methyl sites for hydroxylation is 1. The Hall–Kier alpha value is -1.44. The van der Waals surface area contributed by atoms with Crippen molar-refractivity contribution >= 4 is 5.91 Å². The summed E-state index contributed by atoms with van der Waals surface area (Å²) >= 11 is 0. The number of amides is 1. The second-order valence-corrected chi connectivity index (χ2v) is 7.78. The lowest BCUT2D eigenvalue weighted by Crippen LogP contribution is -2.48. The standard InChI is InChI=1S/C19H31N5O2/c25-19(15-3-1-7-23(14-15)17-4-9-26-10-5-17)21-12-16-11-18-13-20-6-2-8-24(18)22-16/h11,15,17,20H,1-10,12-14H2,(H,21,25)/t15-/m0/s1. The molecular formula is C19H31N5O2. The highest BCUT2D eigenvalue weighted by molar-refractivity contribution is 5.78. The maximum atomic E-state index is 12.7. The minimum atomic E-state index is 0.105. The van der Waals surface area contributed by atoms with E-state index < -0.39 is 0 Å². The monoisotopic (exact) mass is 361 g/mol. The molecule has 1 aromatic heterocycles. The molecule has 1 amide bonds. The highest BCUT2D eigenvalue weighted by Gasteiger charge is 2.30. The summed E-state index contributed by atoms with van der Waals surface area (Å²) in [5, 5.41) is 11.2. The summed E-state index contributed by atoms with van der Waals surface area (Å²) in [5.41, 5.74) is 2.18. The van der Waals surface area contributed by atoms with E-state index in [0.29, 0.717) is 12.6 Å². The van der Waals surface area contributed by atoms with Gasteiger partial charge in [0.1, 0.15) is 0 Å². The first kappa shape index (κ1) is 17.9. The smallest absolute Gasteiger partial charge is 0.224 e. The van der Waals surface area contributed by atoms with Crippen LogP contribution in [0.4, 0.5) is 0 Å². The molecule has 7 nitrogen and oxygen atoms in total. The van der Waals surface area contributed by atoms with Gasteiger partial charge in [-0.3, -0.25) is 14.4 Å². The SMILES string of the molecule is O=C(NCc1cc2n(n1)CCCNC2)[C@H]1CCCN(C2CCOCC2)C1. The Morgan fingerprint density at radius 3 is 3.04 bits per heavy atom. The van der Waals surface area contributed by atoms with Gasteiger partial charge in [0, 0.05) is 38.9 Å². The number of ether oxygens (including phenoxy) is 1. The van der Waals surface area contributed by atoms with Crippen molar-refractivity contribution in [2.75, 3.05) is 32.8 Å². The number of nitrogens with zero attached hydrogens (tertiary/aromatic N) is 3. The normalized spacial score (nSPS) is 25.5. The molecule has 2 N–H and O–H groups in total. The lowest BCUT2D eigenvalue weighted by molar-refractivity contribution is -0.127. The van der Waals surface area contributed by atoms with Crippen LogP contribution < -0.4 is 10.6 Å². The first-order valence-electron chi connectivity index (χ1n) is 10.2. The molecule has 0 saturated carbocycles. The molecule has 0 aromatic carbocycles. The molecule has 3 aliphatic heterocycles. The number of carbonyl (C=O) groups excluding carboxylic acids is 1. The molecule has 2 fully saturated rings. The van der Waals surface area contributed by atoms with Gasteiger partial charge < -0.3 is 15.4 Å². The first-order chi connectivity index (χ1) is 12.8. The van der Waals surface area contributed by atoms with E-state index in [1.54, 1.807) is 0 Å². The van der Waals surface area contributed by atoms with Crippen molar-refractivity contribution in [1.82, 2.24) is 25.3 Å². The molecule has 3 aliphatic rings. The average molecular weight is 361 g/mol. The van der Waals surface area contributed by atoms with Gasteiger partial charge in [-0.25, -0.2) is 0 Å². The molecule has 4 rings (SSSR count). The van der Waals surface area contributed by atoms with Gasteiger partial charge in [-0.2, -0.15) is 5.10 Å². The number of hydrogen-bond donors (Lipinski definition) is 2. The molecule has 26 heavy (non-hydrogen) atoms. The van der Waals surface area contributed by atoms with E-state index in [0.717, 1.165) is 83.7 Å². The maximum Gasteiger partial charge on any atom is 0.224 e. The van der Waals surface area contributed by atoms with Crippen molar-refractivity contribution in [2.45, 2.75) is 57.8 Å². The topological polar surface area (TPSA) is 71.4 Å². The minimum absolute atomic E-state index is 0.105. The van der Waals surface area contributed by atoms with Crippen LogP contribution in [0.25, 0.3) is 0 Å². The van der Waals surface area contributed by atoms with E-state index in [2.05, 4.69) is 31.4 Å². The van der Waals surface area contributed by atoms with Crippen LogP contribution in [0.3, 0.4) is 0 Å². The Bertz CT molecular complexity index is 588. The lowest BCUT2D eigenvalue weighted by atomic mass is 9.94. The van der Waals surface area contributed by atoms with Crippen LogP contribution in [0.2, 0.25) is 0 Å². The number of nitrogens with one attached hydrogen (secondary N) is 2. The van der Waals surface area contributed by atoms with Crippen molar-refractivity contribution in [2.24, 2.45) is 5.92 Å². The molecule has 0 bridgehead atoms. The van der Waals surface area contributed by atoms with Gasteiger partial charge in [0.25, 0.3) is 0 Å². The zero-order valence-electron chi connectivity index (χ0n) is 15.6. The fraction of sp³-hybridized carbons (Fsp3) is 0.789.